The zero-order valence-corrected chi connectivity index (χ0v) is 13.4. The molecule has 0 amide bonds. The highest BCUT2D eigenvalue weighted by Crippen LogP contribution is 2.16. The standard InChI is InChI=1S/C14H22N4OS/c1-9(2)8-13-16-14(20-18-13)15-7-5-6-12-10(3)17-19-11(12)4/h9H,5-8H2,1-4H3,(H,15,16,18). The Morgan fingerprint density at radius 1 is 1.30 bits per heavy atom. The number of rotatable bonds is 7. The summed E-state index contributed by atoms with van der Waals surface area (Å²) in [4.78, 5) is 4.49. The summed E-state index contributed by atoms with van der Waals surface area (Å²) >= 11 is 1.44. The zero-order chi connectivity index (χ0) is 14.5. The van der Waals surface area contributed by atoms with Crippen LogP contribution in [-0.2, 0) is 12.8 Å². The molecule has 0 aliphatic carbocycles. The minimum atomic E-state index is 0.594. The quantitative estimate of drug-likeness (QED) is 0.793. The summed E-state index contributed by atoms with van der Waals surface area (Å²) < 4.78 is 9.52. The summed E-state index contributed by atoms with van der Waals surface area (Å²) in [6.45, 7) is 9.20. The normalized spacial score (nSPS) is 11.2. The second-order valence-corrected chi connectivity index (χ2v) is 6.20. The molecule has 0 saturated heterocycles. The molecule has 0 bridgehead atoms. The van der Waals surface area contributed by atoms with Crippen molar-refractivity contribution < 1.29 is 4.52 Å². The number of hydrogen-bond acceptors (Lipinski definition) is 6. The van der Waals surface area contributed by atoms with Crippen LogP contribution in [0.1, 0.15) is 43.1 Å². The van der Waals surface area contributed by atoms with E-state index >= 15 is 0 Å². The second-order valence-electron chi connectivity index (χ2n) is 5.45. The summed E-state index contributed by atoms with van der Waals surface area (Å²) in [5.74, 6) is 2.47. The van der Waals surface area contributed by atoms with Crippen molar-refractivity contribution in [1.82, 2.24) is 14.5 Å². The van der Waals surface area contributed by atoms with Crippen molar-refractivity contribution in [2.45, 2.75) is 47.0 Å². The number of aryl methyl sites for hydroxylation is 2. The van der Waals surface area contributed by atoms with Gasteiger partial charge in [-0.2, -0.15) is 4.37 Å². The van der Waals surface area contributed by atoms with Crippen molar-refractivity contribution in [3.63, 3.8) is 0 Å². The van der Waals surface area contributed by atoms with Crippen LogP contribution in [0.3, 0.4) is 0 Å². The molecule has 110 valence electrons. The van der Waals surface area contributed by atoms with Gasteiger partial charge in [-0.25, -0.2) is 4.98 Å². The van der Waals surface area contributed by atoms with Gasteiger partial charge in [0.05, 0.1) is 5.69 Å². The summed E-state index contributed by atoms with van der Waals surface area (Å²) in [6, 6.07) is 0. The average molecular weight is 294 g/mol. The van der Waals surface area contributed by atoms with E-state index in [9.17, 15) is 0 Å². The minimum absolute atomic E-state index is 0.594. The molecule has 0 aliphatic heterocycles. The SMILES string of the molecule is Cc1noc(C)c1CCCNc1nc(CC(C)C)ns1. The molecule has 5 nitrogen and oxygen atoms in total. The van der Waals surface area contributed by atoms with Gasteiger partial charge in [0.15, 0.2) is 0 Å². The van der Waals surface area contributed by atoms with E-state index in [1.165, 1.54) is 17.1 Å². The Kier molecular flexibility index (Phi) is 5.11. The predicted octanol–water partition coefficient (Wildman–Crippen LogP) is 3.39. The molecule has 0 aliphatic rings. The maximum absolute atomic E-state index is 5.16. The van der Waals surface area contributed by atoms with Gasteiger partial charge in [-0.15, -0.1) is 0 Å². The van der Waals surface area contributed by atoms with Crippen LogP contribution in [0.15, 0.2) is 4.52 Å². The molecule has 0 radical (unpaired) electrons. The van der Waals surface area contributed by atoms with E-state index in [1.807, 2.05) is 13.8 Å². The lowest BCUT2D eigenvalue weighted by atomic mass is 10.1. The highest BCUT2D eigenvalue weighted by atomic mass is 32.1. The van der Waals surface area contributed by atoms with E-state index in [0.717, 1.165) is 48.2 Å². The predicted molar refractivity (Wildman–Crippen MR) is 81.2 cm³/mol. The highest BCUT2D eigenvalue weighted by molar-refractivity contribution is 7.09. The topological polar surface area (TPSA) is 63.8 Å². The third-order valence-electron chi connectivity index (χ3n) is 3.12. The molecule has 2 rings (SSSR count). The Labute approximate surface area is 124 Å². The van der Waals surface area contributed by atoms with Crippen LogP contribution >= 0.6 is 11.5 Å². The Balaban J connectivity index is 1.75. The fourth-order valence-electron chi connectivity index (χ4n) is 2.09. The van der Waals surface area contributed by atoms with E-state index in [2.05, 4.69) is 33.7 Å². The first-order chi connectivity index (χ1) is 9.56. The summed E-state index contributed by atoms with van der Waals surface area (Å²) in [6.07, 6.45) is 2.95. The number of nitrogens with zero attached hydrogens (tertiary/aromatic N) is 3. The van der Waals surface area contributed by atoms with Crippen LogP contribution in [0.25, 0.3) is 0 Å². The van der Waals surface area contributed by atoms with Gasteiger partial charge >= 0.3 is 0 Å². The maximum Gasteiger partial charge on any atom is 0.202 e. The summed E-state index contributed by atoms with van der Waals surface area (Å²) in [7, 11) is 0. The molecule has 0 unspecified atom stereocenters. The molecule has 2 aromatic rings. The lowest BCUT2D eigenvalue weighted by Gasteiger charge is -2.02. The van der Waals surface area contributed by atoms with Gasteiger partial charge in [-0.05, 0) is 32.6 Å². The van der Waals surface area contributed by atoms with Crippen molar-refractivity contribution >= 4 is 16.7 Å². The zero-order valence-electron chi connectivity index (χ0n) is 12.6. The van der Waals surface area contributed by atoms with Gasteiger partial charge in [0.2, 0.25) is 5.13 Å². The van der Waals surface area contributed by atoms with Gasteiger partial charge in [-0.1, -0.05) is 19.0 Å². The molecule has 0 spiro atoms. The molecule has 2 aromatic heterocycles. The molecule has 6 heteroatoms. The van der Waals surface area contributed by atoms with Gasteiger partial charge in [0, 0.05) is 30.1 Å². The molecule has 20 heavy (non-hydrogen) atoms. The Morgan fingerprint density at radius 2 is 2.10 bits per heavy atom. The molecule has 2 heterocycles. The fourth-order valence-corrected chi connectivity index (χ4v) is 2.71. The first-order valence-electron chi connectivity index (χ1n) is 7.04. The van der Waals surface area contributed by atoms with Crippen molar-refractivity contribution in [1.29, 1.82) is 0 Å². The van der Waals surface area contributed by atoms with Crippen LogP contribution in [0.2, 0.25) is 0 Å². The molecular weight excluding hydrogens is 272 g/mol. The van der Waals surface area contributed by atoms with Crippen molar-refractivity contribution in [3.05, 3.63) is 22.8 Å². The third-order valence-corrected chi connectivity index (χ3v) is 3.83. The fraction of sp³-hybridized carbons (Fsp3) is 0.643. The number of nitrogens with one attached hydrogen (secondary N) is 1. The Morgan fingerprint density at radius 3 is 2.75 bits per heavy atom. The first-order valence-corrected chi connectivity index (χ1v) is 7.81. The van der Waals surface area contributed by atoms with Crippen LogP contribution in [0, 0.1) is 19.8 Å². The largest absolute Gasteiger partial charge is 0.361 e. The van der Waals surface area contributed by atoms with Gasteiger partial charge in [0.25, 0.3) is 0 Å². The van der Waals surface area contributed by atoms with E-state index in [-0.39, 0.29) is 0 Å². The molecule has 0 atom stereocenters. The monoisotopic (exact) mass is 294 g/mol. The van der Waals surface area contributed by atoms with Gasteiger partial charge in [-0.3, -0.25) is 0 Å². The minimum Gasteiger partial charge on any atom is -0.361 e. The lowest BCUT2D eigenvalue weighted by molar-refractivity contribution is 0.392. The molecule has 0 fully saturated rings. The van der Waals surface area contributed by atoms with Crippen molar-refractivity contribution in [3.8, 4) is 0 Å². The molecule has 0 aromatic carbocycles. The van der Waals surface area contributed by atoms with Gasteiger partial charge in [0.1, 0.15) is 11.6 Å². The van der Waals surface area contributed by atoms with E-state index in [1.54, 1.807) is 0 Å². The van der Waals surface area contributed by atoms with Crippen LogP contribution < -0.4 is 5.32 Å². The van der Waals surface area contributed by atoms with Gasteiger partial charge < -0.3 is 9.84 Å². The van der Waals surface area contributed by atoms with Crippen LogP contribution in [0.4, 0.5) is 5.13 Å². The van der Waals surface area contributed by atoms with Crippen molar-refractivity contribution in [2.24, 2.45) is 5.92 Å². The summed E-state index contributed by atoms with van der Waals surface area (Å²) in [5, 5.41) is 8.22. The van der Waals surface area contributed by atoms with Crippen molar-refractivity contribution in [2.75, 3.05) is 11.9 Å². The Bertz CT molecular complexity index is 528. The number of aromatic nitrogens is 3. The lowest BCUT2D eigenvalue weighted by Crippen LogP contribution is -2.04. The Hall–Kier alpha value is -1.43. The van der Waals surface area contributed by atoms with Crippen LogP contribution in [-0.4, -0.2) is 21.1 Å². The summed E-state index contributed by atoms with van der Waals surface area (Å²) in [5.41, 5.74) is 2.22. The number of hydrogen-bond donors (Lipinski definition) is 1. The first kappa shape index (κ1) is 15.0. The number of anilines is 1. The highest BCUT2D eigenvalue weighted by Gasteiger charge is 2.09. The maximum atomic E-state index is 5.16. The third kappa shape index (κ3) is 4.03. The van der Waals surface area contributed by atoms with E-state index in [4.69, 9.17) is 4.52 Å². The molecule has 0 saturated carbocycles. The average Bonchev–Trinajstić information content (AvgIpc) is 2.94. The molecular formula is C14H22N4OS. The van der Waals surface area contributed by atoms with Crippen LogP contribution in [0.5, 0.6) is 0 Å². The second kappa shape index (κ2) is 6.83. The smallest absolute Gasteiger partial charge is 0.202 e. The molecule has 1 N–H and O–H groups in total. The van der Waals surface area contributed by atoms with E-state index in [0.29, 0.717) is 5.92 Å². The van der Waals surface area contributed by atoms with E-state index < -0.39 is 0 Å².